The van der Waals surface area contributed by atoms with Gasteiger partial charge in [-0.15, -0.1) is 0 Å². The van der Waals surface area contributed by atoms with Gasteiger partial charge in [0.25, 0.3) is 0 Å². The molecular weight excluding hydrogens is 449 g/mol. The molecule has 0 spiro atoms. The maximum absolute atomic E-state index is 12.6. The maximum atomic E-state index is 12.6. The van der Waals surface area contributed by atoms with Gasteiger partial charge in [0.05, 0.1) is 0 Å². The normalized spacial score (nSPS) is 38.8. The minimum atomic E-state index is -4.50. The minimum absolute atomic E-state index is 0.120. The molecule has 3 saturated carbocycles. The molecule has 0 amide bonds. The van der Waals surface area contributed by atoms with Gasteiger partial charge >= 0.3 is 12.1 Å². The van der Waals surface area contributed by atoms with E-state index in [0.29, 0.717) is 24.2 Å². The highest BCUT2D eigenvalue weighted by Crippen LogP contribution is 2.66. The van der Waals surface area contributed by atoms with Gasteiger partial charge in [-0.1, -0.05) is 70.9 Å². The number of fused-ring (bicyclic) bond motifs is 5. The van der Waals surface area contributed by atoms with E-state index in [1.54, 1.807) is 0 Å². The molecule has 0 aromatic rings. The first-order chi connectivity index (χ1) is 16.6. The Balaban J connectivity index is 1.36. The summed E-state index contributed by atoms with van der Waals surface area (Å²) in [6, 6.07) is 0. The van der Waals surface area contributed by atoms with Crippen molar-refractivity contribution in [1.82, 2.24) is 0 Å². The van der Waals surface area contributed by atoms with Crippen molar-refractivity contribution in [2.75, 3.05) is 0 Å². The van der Waals surface area contributed by atoms with Gasteiger partial charge < -0.3 is 4.74 Å². The number of esters is 1. The molecule has 3 fully saturated rings. The number of halogens is 3. The van der Waals surface area contributed by atoms with Gasteiger partial charge in [-0.25, -0.2) is 0 Å². The Hall–Kier alpha value is -1.00. The summed E-state index contributed by atoms with van der Waals surface area (Å²) >= 11 is 0. The first kappa shape index (κ1) is 27.0. The molecule has 5 heteroatoms. The number of hydrogen-bond donors (Lipinski definition) is 0. The Morgan fingerprint density at radius 2 is 1.74 bits per heavy atom. The molecule has 0 aliphatic heterocycles. The number of carbonyl (C=O) groups excluding carboxylic acids is 1. The first-order valence-corrected chi connectivity index (χ1v) is 14.5. The number of hydrogen-bond acceptors (Lipinski definition) is 2. The van der Waals surface area contributed by atoms with E-state index < -0.39 is 24.7 Å². The van der Waals surface area contributed by atoms with Gasteiger partial charge in [0.2, 0.25) is 0 Å². The van der Waals surface area contributed by atoms with Crippen molar-refractivity contribution in [1.29, 1.82) is 0 Å². The fourth-order valence-corrected chi connectivity index (χ4v) is 8.87. The maximum Gasteiger partial charge on any atom is 0.399 e. The van der Waals surface area contributed by atoms with Crippen LogP contribution >= 0.6 is 0 Å². The second-order valence-electron chi connectivity index (χ2n) is 12.8. The quantitative estimate of drug-likeness (QED) is 0.181. The van der Waals surface area contributed by atoms with Crippen molar-refractivity contribution in [3.8, 4) is 0 Å². The number of ether oxygens (including phenoxy) is 1. The highest BCUT2D eigenvalue weighted by molar-refractivity contribution is 5.70. The Kier molecular flexibility index (Phi) is 8.33. The van der Waals surface area contributed by atoms with Crippen LogP contribution in [0.4, 0.5) is 13.2 Å². The summed E-state index contributed by atoms with van der Waals surface area (Å²) < 4.78 is 42.9. The van der Waals surface area contributed by atoms with E-state index in [9.17, 15) is 18.0 Å². The Labute approximate surface area is 210 Å². The zero-order valence-corrected chi connectivity index (χ0v) is 22.2. The molecule has 0 unspecified atom stereocenters. The van der Waals surface area contributed by atoms with Crippen LogP contribution in [-0.4, -0.2) is 18.2 Å². The summed E-state index contributed by atoms with van der Waals surface area (Å²) in [4.78, 5) is 11.8. The molecule has 4 aliphatic carbocycles. The van der Waals surface area contributed by atoms with Gasteiger partial charge in [0.15, 0.2) is 0 Å². The van der Waals surface area contributed by atoms with Crippen LogP contribution in [0.2, 0.25) is 0 Å². The Morgan fingerprint density at radius 1 is 1.00 bits per heavy atom. The number of allylic oxidation sites excluding steroid dienone is 1. The predicted octanol–water partition coefficient (Wildman–Crippen LogP) is 9.18. The lowest BCUT2D eigenvalue weighted by atomic mass is 9.47. The van der Waals surface area contributed by atoms with Crippen LogP contribution in [0.25, 0.3) is 0 Å². The van der Waals surface area contributed by atoms with E-state index in [0.717, 1.165) is 30.6 Å². The molecule has 0 aromatic heterocycles. The highest BCUT2D eigenvalue weighted by atomic mass is 19.4. The van der Waals surface area contributed by atoms with Crippen LogP contribution in [0.1, 0.15) is 124 Å². The molecule has 35 heavy (non-hydrogen) atoms. The van der Waals surface area contributed by atoms with Crippen LogP contribution in [0.5, 0.6) is 0 Å². The van der Waals surface area contributed by atoms with Gasteiger partial charge in [-0.05, 0) is 85.9 Å². The van der Waals surface area contributed by atoms with Crippen LogP contribution in [0.3, 0.4) is 0 Å². The second kappa shape index (κ2) is 10.8. The van der Waals surface area contributed by atoms with Gasteiger partial charge in [-0.2, -0.15) is 13.2 Å². The Bertz CT molecular complexity index is 774. The predicted molar refractivity (Wildman–Crippen MR) is 134 cm³/mol. The zero-order chi connectivity index (χ0) is 25.3. The molecule has 0 N–H and O–H groups in total. The molecule has 0 radical (unpaired) electrons. The van der Waals surface area contributed by atoms with E-state index in [2.05, 4.69) is 26.8 Å². The van der Waals surface area contributed by atoms with Crippen molar-refractivity contribution < 1.29 is 22.7 Å². The average Bonchev–Trinajstić information content (AvgIpc) is 3.11. The Morgan fingerprint density at radius 3 is 2.49 bits per heavy atom. The summed E-state index contributed by atoms with van der Waals surface area (Å²) in [5.41, 5.74) is 1.95. The van der Waals surface area contributed by atoms with E-state index in [1.807, 2.05) is 0 Å². The summed E-state index contributed by atoms with van der Waals surface area (Å²) in [5, 5.41) is 0. The van der Waals surface area contributed by atoms with Crippen molar-refractivity contribution in [2.24, 2.45) is 34.5 Å². The first-order valence-electron chi connectivity index (χ1n) is 14.5. The third-order valence-electron chi connectivity index (χ3n) is 10.8. The molecule has 0 saturated heterocycles. The van der Waals surface area contributed by atoms with E-state index in [-0.39, 0.29) is 5.41 Å². The SMILES string of the molecule is CCCCCCCC[C@H]1CC[C@H]2[C@H]3CC=C4C[C@@H](OC(=O)CC(F)(F)F)CC[C@]4(C)[C@@H]3CC[C@]12C. The second-order valence-corrected chi connectivity index (χ2v) is 12.8. The van der Waals surface area contributed by atoms with E-state index >= 15 is 0 Å². The lowest BCUT2D eigenvalue weighted by molar-refractivity contribution is -0.176. The van der Waals surface area contributed by atoms with Crippen molar-refractivity contribution in [3.05, 3.63) is 11.6 Å². The van der Waals surface area contributed by atoms with Gasteiger partial charge in [0, 0.05) is 6.42 Å². The molecule has 0 bridgehead atoms. The lowest BCUT2D eigenvalue weighted by Gasteiger charge is -2.58. The van der Waals surface area contributed by atoms with Gasteiger partial charge in [-0.3, -0.25) is 4.79 Å². The fraction of sp³-hybridized carbons (Fsp3) is 0.900. The third-order valence-corrected chi connectivity index (χ3v) is 10.8. The third kappa shape index (κ3) is 5.79. The zero-order valence-electron chi connectivity index (χ0n) is 22.2. The molecule has 0 aromatic carbocycles. The summed E-state index contributed by atoms with van der Waals surface area (Å²) in [6.45, 7) is 7.27. The number of unbranched alkanes of at least 4 members (excludes halogenated alkanes) is 5. The standard InChI is InChI=1S/C30H47F3O2/c1-4-5-6-7-8-9-10-21-12-14-25-24-13-11-22-19-23(35-27(34)20-30(31,32)33)15-17-29(22,3)26(24)16-18-28(21,25)2/h11,21,23-26H,4-10,12-20H2,1-3H3/t21-,23-,24+,25-,26+,28+,29-/m0/s1. The molecule has 7 atom stereocenters. The van der Waals surface area contributed by atoms with E-state index in [1.165, 1.54) is 76.2 Å². The van der Waals surface area contributed by atoms with Gasteiger partial charge in [0.1, 0.15) is 12.5 Å². The van der Waals surface area contributed by atoms with Crippen molar-refractivity contribution >= 4 is 5.97 Å². The number of rotatable bonds is 9. The smallest absolute Gasteiger partial charge is 0.399 e. The van der Waals surface area contributed by atoms with Crippen molar-refractivity contribution in [3.63, 3.8) is 0 Å². The molecular formula is C30H47F3O2. The molecule has 200 valence electrons. The van der Waals surface area contributed by atoms with Crippen LogP contribution < -0.4 is 0 Å². The van der Waals surface area contributed by atoms with Crippen molar-refractivity contribution in [2.45, 2.75) is 136 Å². The lowest BCUT2D eigenvalue weighted by Crippen LogP contribution is -2.50. The topological polar surface area (TPSA) is 26.3 Å². The molecule has 2 nitrogen and oxygen atoms in total. The van der Waals surface area contributed by atoms with Crippen LogP contribution in [0.15, 0.2) is 11.6 Å². The number of alkyl halides is 3. The summed E-state index contributed by atoms with van der Waals surface area (Å²) in [7, 11) is 0. The largest absolute Gasteiger partial charge is 0.462 e. The number of carbonyl (C=O) groups is 1. The summed E-state index contributed by atoms with van der Waals surface area (Å²) in [6.07, 6.45) is 14.4. The molecule has 4 aliphatic rings. The minimum Gasteiger partial charge on any atom is -0.462 e. The van der Waals surface area contributed by atoms with E-state index in [4.69, 9.17) is 4.74 Å². The fourth-order valence-electron chi connectivity index (χ4n) is 8.87. The molecule has 0 heterocycles. The highest BCUT2D eigenvalue weighted by Gasteiger charge is 2.58. The summed E-state index contributed by atoms with van der Waals surface area (Å²) in [5.74, 6) is 1.96. The average molecular weight is 497 g/mol. The molecule has 4 rings (SSSR count). The van der Waals surface area contributed by atoms with Crippen LogP contribution in [0, 0.1) is 34.5 Å². The van der Waals surface area contributed by atoms with Crippen LogP contribution in [-0.2, 0) is 9.53 Å². The monoisotopic (exact) mass is 496 g/mol.